The Morgan fingerprint density at radius 2 is 1.50 bits per heavy atom. The molecule has 0 radical (unpaired) electrons. The van der Waals surface area contributed by atoms with Gasteiger partial charge in [-0.05, 0) is 65.1 Å². The topological polar surface area (TPSA) is 141 Å². The molecule has 2 aliphatic heterocycles. The van der Waals surface area contributed by atoms with E-state index in [1.165, 1.54) is 42.6 Å². The zero-order chi connectivity index (χ0) is 27.0. The first kappa shape index (κ1) is 24.8. The van der Waals surface area contributed by atoms with E-state index in [1.807, 2.05) is 11.0 Å². The van der Waals surface area contributed by atoms with Gasteiger partial charge in [-0.25, -0.2) is 5.01 Å². The molecule has 0 aliphatic carbocycles. The van der Waals surface area contributed by atoms with Gasteiger partial charge in [0.05, 0.1) is 30.3 Å². The lowest BCUT2D eigenvalue weighted by Crippen LogP contribution is -2.35. The monoisotopic (exact) mass is 517 g/mol. The first-order valence-electron chi connectivity index (χ1n) is 11.7. The third kappa shape index (κ3) is 4.30. The number of benzene rings is 3. The second kappa shape index (κ2) is 9.90. The van der Waals surface area contributed by atoms with Crippen molar-refractivity contribution in [1.82, 2.24) is 9.91 Å². The van der Waals surface area contributed by atoms with Gasteiger partial charge in [-0.15, -0.1) is 0 Å². The summed E-state index contributed by atoms with van der Waals surface area (Å²) in [5.74, 6) is 0.797. The van der Waals surface area contributed by atoms with Crippen molar-refractivity contribution >= 4 is 23.5 Å². The number of hydrogen-bond acceptors (Lipinski definition) is 9. The van der Waals surface area contributed by atoms with Crippen molar-refractivity contribution in [3.05, 3.63) is 103 Å². The maximum atomic E-state index is 13.9. The molecule has 12 nitrogen and oxygen atoms in total. The number of nitro groups is 2. The van der Waals surface area contributed by atoms with E-state index >= 15 is 0 Å². The highest BCUT2D eigenvalue weighted by Gasteiger charge is 2.50. The van der Waals surface area contributed by atoms with Gasteiger partial charge >= 0.3 is 0 Å². The molecule has 0 bridgehead atoms. The molecule has 0 N–H and O–H groups in total. The molecule has 0 spiro atoms. The molecule has 2 heterocycles. The molecule has 0 aromatic heterocycles. The highest BCUT2D eigenvalue weighted by molar-refractivity contribution is 5.89. The van der Waals surface area contributed by atoms with Gasteiger partial charge < -0.3 is 9.47 Å². The highest BCUT2D eigenvalue weighted by Crippen LogP contribution is 2.47. The molecule has 3 aromatic rings. The third-order valence-corrected chi connectivity index (χ3v) is 6.75. The molecule has 0 saturated carbocycles. The number of rotatable bonds is 7. The fourth-order valence-electron chi connectivity index (χ4n) is 4.92. The maximum absolute atomic E-state index is 13.9. The average molecular weight is 517 g/mol. The molecular formula is C26H23N5O7. The summed E-state index contributed by atoms with van der Waals surface area (Å²) in [5.41, 5.74) is 2.86. The van der Waals surface area contributed by atoms with Gasteiger partial charge in [0.25, 0.3) is 17.3 Å². The number of nitrogens with zero attached hydrogens (tertiary/aromatic N) is 5. The lowest BCUT2D eigenvalue weighted by molar-refractivity contribution is -0.385. The largest absolute Gasteiger partial charge is 0.493 e. The van der Waals surface area contributed by atoms with Crippen LogP contribution in [-0.2, 0) is 11.2 Å². The first-order valence-corrected chi connectivity index (χ1v) is 11.7. The normalized spacial score (nSPS) is 18.8. The van der Waals surface area contributed by atoms with Crippen molar-refractivity contribution in [3.8, 4) is 11.5 Å². The molecule has 1 amide bonds. The van der Waals surface area contributed by atoms with E-state index in [0.29, 0.717) is 35.6 Å². The molecule has 1 fully saturated rings. The van der Waals surface area contributed by atoms with Crippen LogP contribution < -0.4 is 9.47 Å². The van der Waals surface area contributed by atoms with Gasteiger partial charge in [-0.3, -0.25) is 29.9 Å². The van der Waals surface area contributed by atoms with Gasteiger partial charge in [0.1, 0.15) is 12.2 Å². The van der Waals surface area contributed by atoms with Crippen molar-refractivity contribution in [1.29, 1.82) is 0 Å². The van der Waals surface area contributed by atoms with Crippen LogP contribution in [0.2, 0.25) is 0 Å². The zero-order valence-corrected chi connectivity index (χ0v) is 20.5. The van der Waals surface area contributed by atoms with Crippen LogP contribution in [-0.4, -0.2) is 52.6 Å². The second-order valence-corrected chi connectivity index (χ2v) is 8.79. The molecule has 38 heavy (non-hydrogen) atoms. The van der Waals surface area contributed by atoms with E-state index < -0.39 is 22.1 Å². The van der Waals surface area contributed by atoms with Gasteiger partial charge in [-0.1, -0.05) is 0 Å². The molecular weight excluding hydrogens is 494 g/mol. The highest BCUT2D eigenvalue weighted by atomic mass is 16.6. The Balaban J connectivity index is 1.57. The third-order valence-electron chi connectivity index (χ3n) is 6.75. The predicted octanol–water partition coefficient (Wildman–Crippen LogP) is 3.99. The summed E-state index contributed by atoms with van der Waals surface area (Å²) >= 11 is 0. The SMILES string of the molecule is COc1cc2c(cc1OC)[C@H]1C(=O)N(/N=C/c3ccc([N+](=O)[O-])cc3)[C@H](c3ccc([N+](=O)[O-])cc3)N1CC2. The van der Waals surface area contributed by atoms with Crippen LogP contribution in [0, 0.1) is 20.2 Å². The maximum Gasteiger partial charge on any atom is 0.269 e. The fourth-order valence-corrected chi connectivity index (χ4v) is 4.92. The van der Waals surface area contributed by atoms with Crippen LogP contribution in [0.5, 0.6) is 11.5 Å². The molecule has 194 valence electrons. The van der Waals surface area contributed by atoms with Crippen LogP contribution in [0.1, 0.15) is 34.5 Å². The number of ether oxygens (including phenoxy) is 2. The number of nitro benzene ring substituents is 2. The van der Waals surface area contributed by atoms with Crippen LogP contribution in [0.25, 0.3) is 0 Å². The van der Waals surface area contributed by atoms with Crippen LogP contribution in [0.15, 0.2) is 65.8 Å². The van der Waals surface area contributed by atoms with E-state index in [-0.39, 0.29) is 17.3 Å². The Bertz CT molecular complexity index is 1440. The number of carbonyl (C=O) groups is 1. The number of non-ortho nitro benzene ring substituents is 2. The molecule has 1 saturated heterocycles. The second-order valence-electron chi connectivity index (χ2n) is 8.79. The van der Waals surface area contributed by atoms with E-state index in [2.05, 4.69) is 5.10 Å². The summed E-state index contributed by atoms with van der Waals surface area (Å²) in [6, 6.07) is 14.9. The van der Waals surface area contributed by atoms with Crippen LogP contribution >= 0.6 is 0 Å². The van der Waals surface area contributed by atoms with Crippen molar-refractivity contribution in [2.75, 3.05) is 20.8 Å². The van der Waals surface area contributed by atoms with Crippen LogP contribution in [0.3, 0.4) is 0 Å². The van der Waals surface area contributed by atoms with Crippen molar-refractivity contribution in [3.63, 3.8) is 0 Å². The minimum absolute atomic E-state index is 0.0544. The Kier molecular flexibility index (Phi) is 6.47. The minimum Gasteiger partial charge on any atom is -0.493 e. The summed E-state index contributed by atoms with van der Waals surface area (Å²) < 4.78 is 10.9. The number of hydrazone groups is 1. The average Bonchev–Trinajstić information content (AvgIpc) is 3.22. The quantitative estimate of drug-likeness (QED) is 0.260. The number of methoxy groups -OCH3 is 2. The lowest BCUT2D eigenvalue weighted by Gasteiger charge is -2.34. The molecule has 2 aliphatic rings. The lowest BCUT2D eigenvalue weighted by atomic mass is 9.92. The smallest absolute Gasteiger partial charge is 0.269 e. The van der Waals surface area contributed by atoms with E-state index in [0.717, 1.165) is 11.1 Å². The summed E-state index contributed by atoms with van der Waals surface area (Å²) in [5, 5.41) is 28.0. The van der Waals surface area contributed by atoms with E-state index in [1.54, 1.807) is 37.4 Å². The number of carbonyl (C=O) groups excluding carboxylic acids is 1. The fraction of sp³-hybridized carbons (Fsp3) is 0.231. The molecule has 3 aromatic carbocycles. The van der Waals surface area contributed by atoms with Crippen molar-refractivity contribution in [2.45, 2.75) is 18.6 Å². The Morgan fingerprint density at radius 1 is 0.921 bits per heavy atom. The molecule has 2 atom stereocenters. The number of amides is 1. The summed E-state index contributed by atoms with van der Waals surface area (Å²) in [6.45, 7) is 0.532. The van der Waals surface area contributed by atoms with E-state index in [9.17, 15) is 25.0 Å². The number of hydrogen-bond donors (Lipinski definition) is 0. The molecule has 12 heteroatoms. The predicted molar refractivity (Wildman–Crippen MR) is 136 cm³/mol. The van der Waals surface area contributed by atoms with Crippen molar-refractivity contribution < 1.29 is 24.1 Å². The van der Waals surface area contributed by atoms with Gasteiger partial charge in [-0.2, -0.15) is 5.10 Å². The summed E-state index contributed by atoms with van der Waals surface area (Å²) in [4.78, 5) is 37.1. The van der Waals surface area contributed by atoms with Gasteiger partial charge in [0.2, 0.25) is 0 Å². The standard InChI is InChI=1S/C26H23N5O7/c1-37-22-13-18-11-12-28-24(21(18)14-23(22)38-2)26(32)29(25(28)17-5-9-20(10-6-17)31(35)36)27-15-16-3-7-19(8-4-16)30(33)34/h3-10,13-15,24-25H,11-12H2,1-2H3/b27-15+/t24-,25+/m0/s1. The molecule has 0 unspecified atom stereocenters. The summed E-state index contributed by atoms with van der Waals surface area (Å²) in [7, 11) is 3.08. The van der Waals surface area contributed by atoms with E-state index in [4.69, 9.17) is 9.47 Å². The van der Waals surface area contributed by atoms with Crippen molar-refractivity contribution in [2.24, 2.45) is 5.10 Å². The number of fused-ring (bicyclic) bond motifs is 3. The minimum atomic E-state index is -0.659. The molecule has 5 rings (SSSR count). The Labute approximate surface area is 217 Å². The van der Waals surface area contributed by atoms with Crippen LogP contribution in [0.4, 0.5) is 11.4 Å². The van der Waals surface area contributed by atoms with Gasteiger partial charge in [0, 0.05) is 30.8 Å². The van der Waals surface area contributed by atoms with Gasteiger partial charge in [0.15, 0.2) is 11.5 Å². The summed E-state index contributed by atoms with van der Waals surface area (Å²) in [6.07, 6.45) is 1.49. The Morgan fingerprint density at radius 3 is 2.08 bits per heavy atom. The zero-order valence-electron chi connectivity index (χ0n) is 20.5. The first-order chi connectivity index (χ1) is 18.3. The Hall–Kier alpha value is -4.84.